The molecule has 0 amide bonds. The minimum absolute atomic E-state index is 0.142. The number of rotatable bonds is 4. The van der Waals surface area contributed by atoms with Gasteiger partial charge in [-0.1, -0.05) is 41.6 Å². The number of halogens is 1. The van der Waals surface area contributed by atoms with E-state index < -0.39 is 0 Å². The van der Waals surface area contributed by atoms with Crippen LogP contribution in [0.5, 0.6) is 0 Å². The van der Waals surface area contributed by atoms with Crippen LogP contribution < -0.4 is 5.32 Å². The standard InChI is InChI=1S/C14H19BrN2O2/c15-12-7-8-13(14(9-12)17(18)19)16-10-11-5-3-1-2-4-6-11/h7-9,11,16H,1-6,10H2. The summed E-state index contributed by atoms with van der Waals surface area (Å²) in [6, 6.07) is 5.16. The van der Waals surface area contributed by atoms with Crippen LogP contribution in [0.1, 0.15) is 38.5 Å². The lowest BCUT2D eigenvalue weighted by Gasteiger charge is -2.15. The van der Waals surface area contributed by atoms with E-state index in [9.17, 15) is 10.1 Å². The molecule has 0 saturated heterocycles. The Kier molecular flexibility index (Phi) is 5.19. The SMILES string of the molecule is O=[N+]([O-])c1cc(Br)ccc1NCC1CCCCCC1. The predicted octanol–water partition coefficient (Wildman–Crippen LogP) is 4.74. The number of benzene rings is 1. The third-order valence-corrected chi connectivity index (χ3v) is 4.21. The number of hydrogen-bond donors (Lipinski definition) is 1. The van der Waals surface area contributed by atoms with Crippen molar-refractivity contribution in [2.24, 2.45) is 5.92 Å². The van der Waals surface area contributed by atoms with Crippen molar-refractivity contribution in [2.75, 3.05) is 11.9 Å². The molecule has 4 nitrogen and oxygen atoms in total. The third-order valence-electron chi connectivity index (χ3n) is 3.71. The first-order valence-electron chi connectivity index (χ1n) is 6.84. The van der Waals surface area contributed by atoms with Gasteiger partial charge in [0.25, 0.3) is 5.69 Å². The van der Waals surface area contributed by atoms with Crippen molar-refractivity contribution >= 4 is 27.3 Å². The average molecular weight is 327 g/mol. The molecule has 1 aromatic rings. The Morgan fingerprint density at radius 3 is 2.58 bits per heavy atom. The van der Waals surface area contributed by atoms with Gasteiger partial charge in [-0.15, -0.1) is 0 Å². The fourth-order valence-corrected chi connectivity index (χ4v) is 2.98. The number of nitro benzene ring substituents is 1. The molecule has 0 radical (unpaired) electrons. The molecule has 1 aromatic carbocycles. The second-order valence-corrected chi connectivity index (χ2v) is 6.07. The summed E-state index contributed by atoms with van der Waals surface area (Å²) in [6.45, 7) is 0.836. The van der Waals surface area contributed by atoms with E-state index in [0.717, 1.165) is 11.0 Å². The average Bonchev–Trinajstić information content (AvgIpc) is 2.65. The lowest BCUT2D eigenvalue weighted by Crippen LogP contribution is -2.14. The number of anilines is 1. The van der Waals surface area contributed by atoms with Crippen LogP contribution in [0.2, 0.25) is 0 Å². The molecular formula is C14H19BrN2O2. The van der Waals surface area contributed by atoms with Gasteiger partial charge in [-0.05, 0) is 30.9 Å². The fourth-order valence-electron chi connectivity index (χ4n) is 2.63. The van der Waals surface area contributed by atoms with Crippen LogP contribution in [0, 0.1) is 16.0 Å². The molecule has 0 aromatic heterocycles. The highest BCUT2D eigenvalue weighted by atomic mass is 79.9. The zero-order valence-corrected chi connectivity index (χ0v) is 12.5. The van der Waals surface area contributed by atoms with Gasteiger partial charge >= 0.3 is 0 Å². The normalized spacial score (nSPS) is 16.9. The summed E-state index contributed by atoms with van der Waals surface area (Å²) in [6.07, 6.45) is 7.70. The van der Waals surface area contributed by atoms with Gasteiger partial charge in [-0.2, -0.15) is 0 Å². The van der Waals surface area contributed by atoms with E-state index in [1.165, 1.54) is 38.5 Å². The van der Waals surface area contributed by atoms with Crippen molar-refractivity contribution < 1.29 is 4.92 Å². The Labute approximate surface area is 121 Å². The summed E-state index contributed by atoms with van der Waals surface area (Å²) < 4.78 is 0.735. The molecule has 5 heteroatoms. The Balaban J connectivity index is 2.00. The maximum atomic E-state index is 11.0. The van der Waals surface area contributed by atoms with Crippen molar-refractivity contribution in [3.8, 4) is 0 Å². The van der Waals surface area contributed by atoms with E-state index in [1.807, 2.05) is 6.07 Å². The first-order valence-corrected chi connectivity index (χ1v) is 7.64. The Bertz CT molecular complexity index is 443. The van der Waals surface area contributed by atoms with Crippen LogP contribution in [-0.2, 0) is 0 Å². The molecular weight excluding hydrogens is 308 g/mol. The molecule has 0 spiro atoms. The van der Waals surface area contributed by atoms with Gasteiger partial charge in [0, 0.05) is 17.1 Å². The van der Waals surface area contributed by atoms with Gasteiger partial charge in [-0.25, -0.2) is 0 Å². The quantitative estimate of drug-likeness (QED) is 0.494. The van der Waals surface area contributed by atoms with Crippen LogP contribution in [-0.4, -0.2) is 11.5 Å². The van der Waals surface area contributed by atoms with Crippen LogP contribution in [0.3, 0.4) is 0 Å². The molecule has 1 aliphatic rings. The smallest absolute Gasteiger partial charge is 0.293 e. The van der Waals surface area contributed by atoms with E-state index in [1.54, 1.807) is 12.1 Å². The monoisotopic (exact) mass is 326 g/mol. The fraction of sp³-hybridized carbons (Fsp3) is 0.571. The van der Waals surface area contributed by atoms with Crippen LogP contribution in [0.25, 0.3) is 0 Å². The van der Waals surface area contributed by atoms with Gasteiger partial charge in [0.05, 0.1) is 4.92 Å². The molecule has 0 bridgehead atoms. The lowest BCUT2D eigenvalue weighted by atomic mass is 10.0. The van der Waals surface area contributed by atoms with Crippen molar-refractivity contribution in [1.82, 2.24) is 0 Å². The van der Waals surface area contributed by atoms with Crippen LogP contribution >= 0.6 is 15.9 Å². The molecule has 0 heterocycles. The molecule has 1 fully saturated rings. The number of hydrogen-bond acceptors (Lipinski definition) is 3. The second kappa shape index (κ2) is 6.89. The maximum absolute atomic E-state index is 11.0. The van der Waals surface area contributed by atoms with Crippen LogP contribution in [0.4, 0.5) is 11.4 Å². The lowest BCUT2D eigenvalue weighted by molar-refractivity contribution is -0.384. The second-order valence-electron chi connectivity index (χ2n) is 5.16. The predicted molar refractivity (Wildman–Crippen MR) is 80.5 cm³/mol. The van der Waals surface area contributed by atoms with Gasteiger partial charge in [0.2, 0.25) is 0 Å². The molecule has 19 heavy (non-hydrogen) atoms. The van der Waals surface area contributed by atoms with Crippen molar-refractivity contribution in [1.29, 1.82) is 0 Å². The summed E-state index contributed by atoms with van der Waals surface area (Å²) in [4.78, 5) is 10.7. The summed E-state index contributed by atoms with van der Waals surface area (Å²) in [5.74, 6) is 0.644. The number of nitrogens with one attached hydrogen (secondary N) is 1. The van der Waals surface area contributed by atoms with Crippen LogP contribution in [0.15, 0.2) is 22.7 Å². The van der Waals surface area contributed by atoms with E-state index >= 15 is 0 Å². The zero-order chi connectivity index (χ0) is 13.7. The Hall–Kier alpha value is -1.10. The molecule has 104 valence electrons. The molecule has 2 rings (SSSR count). The third kappa shape index (κ3) is 4.20. The molecule has 0 aliphatic heterocycles. The summed E-state index contributed by atoms with van der Waals surface area (Å²) in [5.41, 5.74) is 0.764. The first-order chi connectivity index (χ1) is 9.16. The van der Waals surface area contributed by atoms with Gasteiger partial charge in [-0.3, -0.25) is 10.1 Å². The Morgan fingerprint density at radius 1 is 1.26 bits per heavy atom. The molecule has 1 saturated carbocycles. The molecule has 1 aliphatic carbocycles. The summed E-state index contributed by atoms with van der Waals surface area (Å²) in [7, 11) is 0. The van der Waals surface area contributed by atoms with Gasteiger partial charge in [0.1, 0.15) is 5.69 Å². The number of nitro groups is 1. The van der Waals surface area contributed by atoms with Crippen molar-refractivity contribution in [2.45, 2.75) is 38.5 Å². The van der Waals surface area contributed by atoms with E-state index in [2.05, 4.69) is 21.2 Å². The maximum Gasteiger partial charge on any atom is 0.293 e. The number of nitrogens with zero attached hydrogens (tertiary/aromatic N) is 1. The van der Waals surface area contributed by atoms with Gasteiger partial charge in [0.15, 0.2) is 0 Å². The van der Waals surface area contributed by atoms with E-state index in [4.69, 9.17) is 0 Å². The van der Waals surface area contributed by atoms with E-state index in [-0.39, 0.29) is 10.6 Å². The molecule has 0 atom stereocenters. The van der Waals surface area contributed by atoms with Crippen molar-refractivity contribution in [3.05, 3.63) is 32.8 Å². The largest absolute Gasteiger partial charge is 0.379 e. The van der Waals surface area contributed by atoms with Crippen molar-refractivity contribution in [3.63, 3.8) is 0 Å². The highest BCUT2D eigenvalue weighted by Crippen LogP contribution is 2.29. The zero-order valence-electron chi connectivity index (χ0n) is 10.9. The van der Waals surface area contributed by atoms with Gasteiger partial charge < -0.3 is 5.32 Å². The Morgan fingerprint density at radius 2 is 1.95 bits per heavy atom. The van der Waals surface area contributed by atoms with E-state index in [0.29, 0.717) is 11.6 Å². The highest BCUT2D eigenvalue weighted by molar-refractivity contribution is 9.10. The minimum Gasteiger partial charge on any atom is -0.379 e. The summed E-state index contributed by atoms with van der Waals surface area (Å²) >= 11 is 3.27. The molecule has 0 unspecified atom stereocenters. The molecule has 1 N–H and O–H groups in total. The first kappa shape index (κ1) is 14.3. The minimum atomic E-state index is -0.333. The highest BCUT2D eigenvalue weighted by Gasteiger charge is 2.16. The topological polar surface area (TPSA) is 55.2 Å². The summed E-state index contributed by atoms with van der Waals surface area (Å²) in [5, 5.41) is 14.3.